The van der Waals surface area contributed by atoms with Gasteiger partial charge in [0.1, 0.15) is 11.6 Å². The third-order valence-corrected chi connectivity index (χ3v) is 2.93. The molecule has 1 aromatic rings. The van der Waals surface area contributed by atoms with Crippen LogP contribution in [0.4, 0.5) is 8.78 Å². The number of amides is 1. The molecule has 1 fully saturated rings. The van der Waals surface area contributed by atoms with Gasteiger partial charge in [0.05, 0.1) is 0 Å². The molecule has 0 radical (unpaired) electrons. The van der Waals surface area contributed by atoms with Gasteiger partial charge in [-0.3, -0.25) is 4.79 Å². The number of carbonyl (C=O) groups excluding carboxylic acids is 1. The lowest BCUT2D eigenvalue weighted by molar-refractivity contribution is -0.122. The van der Waals surface area contributed by atoms with Gasteiger partial charge in [-0.15, -0.1) is 0 Å². The first-order valence-electron chi connectivity index (χ1n) is 5.56. The molecule has 1 saturated carbocycles. The fraction of sp³-hybridized carbons (Fsp3) is 0.417. The third kappa shape index (κ3) is 2.61. The predicted molar refractivity (Wildman–Crippen MR) is 59.3 cm³/mol. The molecular weight excluding hydrogens is 226 g/mol. The Bertz CT molecular complexity index is 437. The summed E-state index contributed by atoms with van der Waals surface area (Å²) >= 11 is 0. The van der Waals surface area contributed by atoms with Crippen LogP contribution in [0.5, 0.6) is 0 Å². The zero-order valence-corrected chi connectivity index (χ0v) is 9.25. The molecule has 2 rings (SSSR count). The van der Waals surface area contributed by atoms with E-state index in [0.717, 1.165) is 18.2 Å². The second-order valence-corrected chi connectivity index (χ2v) is 4.19. The molecule has 0 aliphatic heterocycles. The summed E-state index contributed by atoms with van der Waals surface area (Å²) in [7, 11) is 0. The zero-order chi connectivity index (χ0) is 12.4. The molecule has 1 aliphatic carbocycles. The molecule has 1 amide bonds. The highest BCUT2D eigenvalue weighted by Gasteiger charge is 2.45. The normalized spacial score (nSPS) is 22.3. The maximum atomic E-state index is 13.4. The summed E-state index contributed by atoms with van der Waals surface area (Å²) < 4.78 is 26.4. The highest BCUT2D eigenvalue weighted by Crippen LogP contribution is 2.48. The van der Waals surface area contributed by atoms with Crippen molar-refractivity contribution in [2.45, 2.75) is 12.3 Å². The predicted octanol–water partition coefficient (Wildman–Crippen LogP) is 1.14. The van der Waals surface area contributed by atoms with E-state index in [1.165, 1.54) is 0 Å². The van der Waals surface area contributed by atoms with Crippen molar-refractivity contribution >= 4 is 5.91 Å². The van der Waals surface area contributed by atoms with Crippen LogP contribution < -0.4 is 11.1 Å². The molecule has 0 bridgehead atoms. The minimum atomic E-state index is -0.477. The Morgan fingerprint density at radius 3 is 2.94 bits per heavy atom. The van der Waals surface area contributed by atoms with Gasteiger partial charge in [-0.2, -0.15) is 0 Å². The lowest BCUT2D eigenvalue weighted by Crippen LogP contribution is -2.30. The molecule has 2 unspecified atom stereocenters. The lowest BCUT2D eigenvalue weighted by Gasteiger charge is -2.04. The van der Waals surface area contributed by atoms with Crippen molar-refractivity contribution in [1.82, 2.24) is 5.32 Å². The van der Waals surface area contributed by atoms with Crippen molar-refractivity contribution in [2.24, 2.45) is 11.7 Å². The van der Waals surface area contributed by atoms with Crippen molar-refractivity contribution in [1.29, 1.82) is 0 Å². The van der Waals surface area contributed by atoms with Crippen LogP contribution in [-0.2, 0) is 4.79 Å². The smallest absolute Gasteiger partial charge is 0.223 e. The van der Waals surface area contributed by atoms with Crippen LogP contribution in [0.1, 0.15) is 17.9 Å². The average Bonchev–Trinajstić information content (AvgIpc) is 3.09. The van der Waals surface area contributed by atoms with Crippen molar-refractivity contribution in [3.63, 3.8) is 0 Å². The maximum Gasteiger partial charge on any atom is 0.223 e. The number of carbonyl (C=O) groups is 1. The molecule has 2 atom stereocenters. The summed E-state index contributed by atoms with van der Waals surface area (Å²) in [5.74, 6) is -1.52. The van der Waals surface area contributed by atoms with Crippen molar-refractivity contribution in [3.05, 3.63) is 35.4 Å². The van der Waals surface area contributed by atoms with Crippen LogP contribution in [0.15, 0.2) is 18.2 Å². The topological polar surface area (TPSA) is 55.1 Å². The van der Waals surface area contributed by atoms with Crippen molar-refractivity contribution in [3.8, 4) is 0 Å². The van der Waals surface area contributed by atoms with E-state index < -0.39 is 11.6 Å². The molecule has 0 heterocycles. The van der Waals surface area contributed by atoms with E-state index in [2.05, 4.69) is 5.32 Å². The van der Waals surface area contributed by atoms with Gasteiger partial charge in [-0.25, -0.2) is 8.78 Å². The number of nitrogens with one attached hydrogen (secondary N) is 1. The van der Waals surface area contributed by atoms with E-state index in [1.807, 2.05) is 0 Å². The van der Waals surface area contributed by atoms with E-state index in [1.54, 1.807) is 0 Å². The van der Waals surface area contributed by atoms with Crippen LogP contribution in [0.2, 0.25) is 0 Å². The molecule has 0 aromatic heterocycles. The minimum Gasteiger partial charge on any atom is -0.355 e. The highest BCUT2D eigenvalue weighted by molar-refractivity contribution is 5.82. The molecule has 5 heteroatoms. The van der Waals surface area contributed by atoms with E-state index in [0.29, 0.717) is 19.5 Å². The summed E-state index contributed by atoms with van der Waals surface area (Å²) in [5.41, 5.74) is 5.55. The highest BCUT2D eigenvalue weighted by atomic mass is 19.1. The van der Waals surface area contributed by atoms with Crippen molar-refractivity contribution in [2.75, 3.05) is 13.1 Å². The third-order valence-electron chi connectivity index (χ3n) is 2.93. The van der Waals surface area contributed by atoms with E-state index in [-0.39, 0.29) is 23.3 Å². The number of hydrogen-bond acceptors (Lipinski definition) is 2. The fourth-order valence-corrected chi connectivity index (χ4v) is 1.95. The number of nitrogens with two attached hydrogens (primary N) is 1. The largest absolute Gasteiger partial charge is 0.355 e. The van der Waals surface area contributed by atoms with Crippen LogP contribution in [-0.4, -0.2) is 19.0 Å². The molecular formula is C12H14F2N2O. The first-order valence-corrected chi connectivity index (χ1v) is 5.56. The summed E-state index contributed by atoms with van der Waals surface area (Å²) in [5, 5.41) is 2.65. The van der Waals surface area contributed by atoms with E-state index in [9.17, 15) is 13.6 Å². The Hall–Kier alpha value is -1.49. The number of rotatable bonds is 4. The summed E-state index contributed by atoms with van der Waals surface area (Å²) in [4.78, 5) is 11.6. The first kappa shape index (κ1) is 12.0. The second kappa shape index (κ2) is 4.79. The minimum absolute atomic E-state index is 0.135. The van der Waals surface area contributed by atoms with Gasteiger partial charge < -0.3 is 11.1 Å². The van der Waals surface area contributed by atoms with Crippen LogP contribution in [0.3, 0.4) is 0 Å². The monoisotopic (exact) mass is 240 g/mol. The van der Waals surface area contributed by atoms with E-state index in [4.69, 9.17) is 5.73 Å². The molecule has 0 spiro atoms. The van der Waals surface area contributed by atoms with Gasteiger partial charge in [0.2, 0.25) is 5.91 Å². The average molecular weight is 240 g/mol. The van der Waals surface area contributed by atoms with Crippen LogP contribution in [0, 0.1) is 17.6 Å². The standard InChI is InChI=1S/C12H14F2N2O/c13-7-1-2-11(14)9(5-7)8-6-10(8)12(17)16-4-3-15/h1-2,5,8,10H,3-4,6,15H2,(H,16,17). The molecule has 17 heavy (non-hydrogen) atoms. The Morgan fingerprint density at radius 1 is 1.47 bits per heavy atom. The maximum absolute atomic E-state index is 13.4. The zero-order valence-electron chi connectivity index (χ0n) is 9.25. The Balaban J connectivity index is 2.02. The van der Waals surface area contributed by atoms with Gasteiger partial charge >= 0.3 is 0 Å². The van der Waals surface area contributed by atoms with Crippen LogP contribution >= 0.6 is 0 Å². The molecule has 3 N–H and O–H groups in total. The second-order valence-electron chi connectivity index (χ2n) is 4.19. The van der Waals surface area contributed by atoms with Gasteiger partial charge in [0.25, 0.3) is 0 Å². The SMILES string of the molecule is NCCNC(=O)C1CC1c1cc(F)ccc1F. The summed E-state index contributed by atoms with van der Waals surface area (Å²) in [6, 6.07) is 3.33. The Labute approximate surface area is 98.0 Å². The lowest BCUT2D eigenvalue weighted by atomic mass is 10.1. The molecule has 3 nitrogen and oxygen atoms in total. The first-order chi connectivity index (χ1) is 8.13. The molecule has 1 aliphatic rings. The van der Waals surface area contributed by atoms with Crippen LogP contribution in [0.25, 0.3) is 0 Å². The Kier molecular flexibility index (Phi) is 3.38. The van der Waals surface area contributed by atoms with Gasteiger partial charge in [0.15, 0.2) is 0 Å². The van der Waals surface area contributed by atoms with Gasteiger partial charge in [-0.1, -0.05) is 0 Å². The number of halogens is 2. The Morgan fingerprint density at radius 2 is 2.24 bits per heavy atom. The van der Waals surface area contributed by atoms with Crippen molar-refractivity contribution < 1.29 is 13.6 Å². The summed E-state index contributed by atoms with van der Waals surface area (Å²) in [6.07, 6.45) is 0.566. The molecule has 0 saturated heterocycles. The molecule has 92 valence electrons. The van der Waals surface area contributed by atoms with Gasteiger partial charge in [0, 0.05) is 19.0 Å². The fourth-order valence-electron chi connectivity index (χ4n) is 1.95. The number of hydrogen-bond donors (Lipinski definition) is 2. The van der Waals surface area contributed by atoms with Gasteiger partial charge in [-0.05, 0) is 36.1 Å². The van der Waals surface area contributed by atoms with E-state index >= 15 is 0 Å². The molecule has 1 aromatic carbocycles. The quantitative estimate of drug-likeness (QED) is 0.829. The summed E-state index contributed by atoms with van der Waals surface area (Å²) in [6.45, 7) is 0.783. The number of benzene rings is 1.